The maximum atomic E-state index is 12.4. The van der Waals surface area contributed by atoms with Gasteiger partial charge in [-0.05, 0) is 24.3 Å². The third-order valence-corrected chi connectivity index (χ3v) is 3.39. The molecule has 0 aliphatic heterocycles. The highest BCUT2D eigenvalue weighted by Crippen LogP contribution is 2.30. The van der Waals surface area contributed by atoms with Crippen LogP contribution in [0, 0.1) is 0 Å². The third kappa shape index (κ3) is 4.68. The Hall–Kier alpha value is -2.64. The van der Waals surface area contributed by atoms with Crippen molar-refractivity contribution in [3.8, 4) is 0 Å². The van der Waals surface area contributed by atoms with Crippen molar-refractivity contribution >= 4 is 11.6 Å². The number of rotatable bonds is 4. The summed E-state index contributed by atoms with van der Waals surface area (Å²) in [5.41, 5.74) is -2.04. The molecule has 0 atom stereocenters. The van der Waals surface area contributed by atoms with E-state index in [1.54, 1.807) is 0 Å². The Balaban J connectivity index is 2.08. The summed E-state index contributed by atoms with van der Waals surface area (Å²) in [6.45, 7) is 0. The lowest BCUT2D eigenvalue weighted by atomic mass is 10.00. The Morgan fingerprint density at radius 2 is 0.880 bits per heavy atom. The van der Waals surface area contributed by atoms with Crippen LogP contribution in [-0.4, -0.2) is 11.6 Å². The molecule has 0 unspecified atom stereocenters. The smallest absolute Gasteiger partial charge is 0.294 e. The van der Waals surface area contributed by atoms with Crippen molar-refractivity contribution in [2.75, 3.05) is 0 Å². The van der Waals surface area contributed by atoms with Crippen LogP contribution in [0.4, 0.5) is 26.3 Å². The van der Waals surface area contributed by atoms with E-state index in [0.717, 1.165) is 48.5 Å². The molecule has 25 heavy (non-hydrogen) atoms. The second-order valence-electron chi connectivity index (χ2n) is 5.17. The lowest BCUT2D eigenvalue weighted by Crippen LogP contribution is -2.11. The van der Waals surface area contributed by atoms with Crippen LogP contribution in [0.5, 0.6) is 0 Å². The van der Waals surface area contributed by atoms with E-state index in [1.807, 2.05) is 0 Å². The Bertz CT molecular complexity index is 703. The zero-order valence-corrected chi connectivity index (χ0v) is 12.4. The van der Waals surface area contributed by atoms with Crippen LogP contribution < -0.4 is 0 Å². The summed E-state index contributed by atoms with van der Waals surface area (Å²) in [7, 11) is 0. The van der Waals surface area contributed by atoms with Crippen LogP contribution >= 0.6 is 0 Å². The van der Waals surface area contributed by atoms with Gasteiger partial charge in [-0.2, -0.15) is 26.3 Å². The van der Waals surface area contributed by atoms with Crippen LogP contribution in [0.2, 0.25) is 0 Å². The Labute approximate surface area is 138 Å². The van der Waals surface area contributed by atoms with E-state index in [0.29, 0.717) is 0 Å². The van der Waals surface area contributed by atoms with Gasteiger partial charge in [-0.15, -0.1) is 0 Å². The molecule has 0 spiro atoms. The van der Waals surface area contributed by atoms with Crippen LogP contribution in [0.25, 0.3) is 0 Å². The van der Waals surface area contributed by atoms with Crippen LogP contribution in [0.15, 0.2) is 48.5 Å². The molecule has 0 aliphatic carbocycles. The highest BCUT2D eigenvalue weighted by molar-refractivity contribution is 6.13. The van der Waals surface area contributed by atoms with Gasteiger partial charge in [0.05, 0.1) is 17.5 Å². The molecule has 0 bridgehead atoms. The summed E-state index contributed by atoms with van der Waals surface area (Å²) in [5, 5.41) is 0. The third-order valence-electron chi connectivity index (χ3n) is 3.39. The molecule has 2 aromatic carbocycles. The first-order valence-electron chi connectivity index (χ1n) is 6.89. The molecule has 0 amide bonds. The van der Waals surface area contributed by atoms with Gasteiger partial charge in [0.15, 0.2) is 11.6 Å². The molecule has 0 saturated carbocycles. The van der Waals surface area contributed by atoms with Gasteiger partial charge >= 0.3 is 12.4 Å². The first kappa shape index (κ1) is 18.7. The number of ketones is 2. The van der Waals surface area contributed by atoms with Gasteiger partial charge in [0, 0.05) is 11.1 Å². The summed E-state index contributed by atoms with van der Waals surface area (Å²) in [5.74, 6) is -1.45. The van der Waals surface area contributed by atoms with E-state index in [4.69, 9.17) is 0 Å². The molecule has 2 aromatic rings. The molecule has 0 saturated heterocycles. The van der Waals surface area contributed by atoms with Crippen molar-refractivity contribution in [3.05, 3.63) is 70.8 Å². The van der Waals surface area contributed by atoms with Crippen LogP contribution in [0.3, 0.4) is 0 Å². The number of hydrogen-bond donors (Lipinski definition) is 0. The Kier molecular flexibility index (Phi) is 5.01. The van der Waals surface area contributed by atoms with E-state index < -0.39 is 41.5 Å². The summed E-state index contributed by atoms with van der Waals surface area (Å²) in [4.78, 5) is 23.9. The van der Waals surface area contributed by atoms with E-state index in [2.05, 4.69) is 0 Å². The monoisotopic (exact) mass is 360 g/mol. The molecule has 0 fully saturated rings. The molecule has 0 aromatic heterocycles. The standard InChI is InChI=1S/C17H10F6O2/c18-16(19,20)12-5-1-10(2-6-12)14(24)9-15(25)11-3-7-13(8-4-11)17(21,22)23/h1-8H,9H2. The zero-order chi connectivity index (χ0) is 18.8. The lowest BCUT2D eigenvalue weighted by Gasteiger charge is -2.08. The predicted molar refractivity (Wildman–Crippen MR) is 76.2 cm³/mol. The van der Waals surface area contributed by atoms with Crippen molar-refractivity contribution in [1.82, 2.24) is 0 Å². The van der Waals surface area contributed by atoms with Crippen molar-refractivity contribution in [1.29, 1.82) is 0 Å². The highest BCUT2D eigenvalue weighted by Gasteiger charge is 2.31. The molecule has 0 heterocycles. The summed E-state index contributed by atoms with van der Waals surface area (Å²) < 4.78 is 74.7. The minimum Gasteiger partial charge on any atom is -0.294 e. The fraction of sp³-hybridized carbons (Fsp3) is 0.176. The highest BCUT2D eigenvalue weighted by atomic mass is 19.4. The van der Waals surface area contributed by atoms with Crippen molar-refractivity contribution in [2.45, 2.75) is 18.8 Å². The van der Waals surface area contributed by atoms with E-state index in [1.165, 1.54) is 0 Å². The predicted octanol–water partition coefficient (Wildman–Crippen LogP) is 5.18. The van der Waals surface area contributed by atoms with Crippen LogP contribution in [0.1, 0.15) is 38.3 Å². The number of benzene rings is 2. The summed E-state index contributed by atoms with van der Waals surface area (Å²) in [6, 6.07) is 6.67. The number of hydrogen-bond acceptors (Lipinski definition) is 2. The summed E-state index contributed by atoms with van der Waals surface area (Å²) >= 11 is 0. The maximum Gasteiger partial charge on any atom is 0.416 e. The largest absolute Gasteiger partial charge is 0.416 e. The van der Waals surface area contributed by atoms with Gasteiger partial charge < -0.3 is 0 Å². The summed E-state index contributed by atoms with van der Waals surface area (Å²) in [6.07, 6.45) is -9.74. The maximum absolute atomic E-state index is 12.4. The second kappa shape index (κ2) is 6.70. The van der Waals surface area contributed by atoms with Crippen molar-refractivity contribution in [2.24, 2.45) is 0 Å². The molecule has 0 radical (unpaired) electrons. The molecule has 132 valence electrons. The SMILES string of the molecule is O=C(CC(=O)c1ccc(C(F)(F)F)cc1)c1ccc(C(F)(F)F)cc1. The average molecular weight is 360 g/mol. The number of carbonyl (C=O) groups excluding carboxylic acids is 2. The van der Waals surface area contributed by atoms with E-state index in [-0.39, 0.29) is 11.1 Å². The van der Waals surface area contributed by atoms with Gasteiger partial charge in [0.25, 0.3) is 0 Å². The first-order valence-corrected chi connectivity index (χ1v) is 6.89. The molecular weight excluding hydrogens is 350 g/mol. The van der Waals surface area contributed by atoms with Crippen molar-refractivity contribution in [3.63, 3.8) is 0 Å². The Morgan fingerprint density at radius 1 is 0.600 bits per heavy atom. The van der Waals surface area contributed by atoms with Gasteiger partial charge in [-0.1, -0.05) is 24.3 Å². The van der Waals surface area contributed by atoms with Crippen molar-refractivity contribution < 1.29 is 35.9 Å². The molecular formula is C17H10F6O2. The zero-order valence-electron chi connectivity index (χ0n) is 12.4. The van der Waals surface area contributed by atoms with Gasteiger partial charge in [-0.3, -0.25) is 9.59 Å². The van der Waals surface area contributed by atoms with Gasteiger partial charge in [0.1, 0.15) is 0 Å². The number of alkyl halides is 6. The second-order valence-corrected chi connectivity index (χ2v) is 5.17. The molecule has 2 rings (SSSR count). The minimum atomic E-state index is -4.54. The van der Waals surface area contributed by atoms with E-state index in [9.17, 15) is 35.9 Å². The molecule has 8 heteroatoms. The normalized spacial score (nSPS) is 12.1. The fourth-order valence-electron chi connectivity index (χ4n) is 2.04. The fourth-order valence-corrected chi connectivity index (χ4v) is 2.04. The van der Waals surface area contributed by atoms with Crippen LogP contribution in [-0.2, 0) is 12.4 Å². The number of halogens is 6. The lowest BCUT2D eigenvalue weighted by molar-refractivity contribution is -0.138. The van der Waals surface area contributed by atoms with Gasteiger partial charge in [0.2, 0.25) is 0 Å². The minimum absolute atomic E-state index is 0.0896. The Morgan fingerprint density at radius 3 is 1.12 bits per heavy atom. The number of carbonyl (C=O) groups is 2. The average Bonchev–Trinajstić information content (AvgIpc) is 2.53. The topological polar surface area (TPSA) is 34.1 Å². The molecule has 2 nitrogen and oxygen atoms in total. The number of Topliss-reactive ketones (excluding diaryl/α,β-unsaturated/α-hetero) is 2. The van der Waals surface area contributed by atoms with E-state index >= 15 is 0 Å². The first-order chi connectivity index (χ1) is 11.5. The van der Waals surface area contributed by atoms with Gasteiger partial charge in [-0.25, -0.2) is 0 Å². The molecule has 0 aliphatic rings. The molecule has 0 N–H and O–H groups in total. The quantitative estimate of drug-likeness (QED) is 0.428.